The van der Waals surface area contributed by atoms with Crippen LogP contribution in [-0.4, -0.2) is 18.5 Å². The molecule has 2 rings (SSSR count). The maximum Gasteiger partial charge on any atom is 0.226 e. The first-order chi connectivity index (χ1) is 9.06. The van der Waals surface area contributed by atoms with Crippen LogP contribution in [0.5, 0.6) is 0 Å². The first-order valence-electron chi connectivity index (χ1n) is 6.85. The van der Waals surface area contributed by atoms with E-state index in [2.05, 4.69) is 17.6 Å². The van der Waals surface area contributed by atoms with Crippen LogP contribution in [0.15, 0.2) is 18.2 Å². The minimum Gasteiger partial charge on any atom is -0.324 e. The Bertz CT molecular complexity index is 461. The fourth-order valence-electron chi connectivity index (χ4n) is 2.52. The molecule has 0 bridgehead atoms. The monoisotopic (exact) mass is 264 g/mol. The van der Waals surface area contributed by atoms with Gasteiger partial charge in [-0.15, -0.1) is 0 Å². The Labute approximate surface area is 113 Å². The Balaban J connectivity index is 1.95. The number of carbonyl (C=O) groups excluding carboxylic acids is 1. The lowest BCUT2D eigenvalue weighted by molar-refractivity contribution is -0.117. The molecule has 2 unspecified atom stereocenters. The van der Waals surface area contributed by atoms with Gasteiger partial charge >= 0.3 is 0 Å². The van der Waals surface area contributed by atoms with Gasteiger partial charge in [0.1, 0.15) is 5.82 Å². The fourth-order valence-corrected chi connectivity index (χ4v) is 2.52. The van der Waals surface area contributed by atoms with Crippen molar-refractivity contribution in [3.05, 3.63) is 29.6 Å². The number of anilines is 1. The van der Waals surface area contributed by atoms with E-state index in [4.69, 9.17) is 0 Å². The minimum atomic E-state index is -0.386. The van der Waals surface area contributed by atoms with Crippen LogP contribution in [-0.2, 0) is 4.79 Å². The number of carbonyl (C=O) groups is 1. The van der Waals surface area contributed by atoms with E-state index in [-0.39, 0.29) is 23.5 Å². The topological polar surface area (TPSA) is 41.1 Å². The van der Waals surface area contributed by atoms with Gasteiger partial charge in [0, 0.05) is 12.5 Å². The lowest BCUT2D eigenvalue weighted by Gasteiger charge is -2.29. The molecule has 1 aliphatic heterocycles. The van der Waals surface area contributed by atoms with Crippen molar-refractivity contribution in [2.45, 2.75) is 39.2 Å². The van der Waals surface area contributed by atoms with E-state index < -0.39 is 0 Å². The lowest BCUT2D eigenvalue weighted by Crippen LogP contribution is -2.42. The molecular formula is C15H21FN2O. The number of piperidine rings is 1. The van der Waals surface area contributed by atoms with Crippen LogP contribution in [0.4, 0.5) is 10.1 Å². The molecule has 0 radical (unpaired) electrons. The van der Waals surface area contributed by atoms with E-state index in [0.29, 0.717) is 12.3 Å². The van der Waals surface area contributed by atoms with Gasteiger partial charge in [-0.3, -0.25) is 4.79 Å². The molecule has 1 heterocycles. The highest BCUT2D eigenvalue weighted by molar-refractivity contribution is 5.91. The zero-order chi connectivity index (χ0) is 13.8. The lowest BCUT2D eigenvalue weighted by atomic mass is 9.90. The van der Waals surface area contributed by atoms with Gasteiger partial charge in [-0.25, -0.2) is 4.39 Å². The highest BCUT2D eigenvalue weighted by atomic mass is 19.1. The molecule has 2 atom stereocenters. The first-order valence-corrected chi connectivity index (χ1v) is 6.85. The second-order valence-electron chi connectivity index (χ2n) is 5.42. The smallest absolute Gasteiger partial charge is 0.226 e. The third-order valence-electron chi connectivity index (χ3n) is 3.73. The average Bonchev–Trinajstić information content (AvgIpc) is 2.37. The number of rotatable bonds is 3. The van der Waals surface area contributed by atoms with Gasteiger partial charge in [-0.1, -0.05) is 13.0 Å². The van der Waals surface area contributed by atoms with Crippen LogP contribution in [0.1, 0.15) is 31.7 Å². The molecule has 1 amide bonds. The SMILES string of the molecule is Cc1ccc(F)c(NC(=O)CC2NCCCC2C)c1. The molecule has 1 saturated heterocycles. The van der Waals surface area contributed by atoms with E-state index in [1.807, 2.05) is 6.92 Å². The number of hydrogen-bond acceptors (Lipinski definition) is 2. The zero-order valence-corrected chi connectivity index (χ0v) is 11.5. The third-order valence-corrected chi connectivity index (χ3v) is 3.73. The number of amides is 1. The Morgan fingerprint density at radius 2 is 2.32 bits per heavy atom. The van der Waals surface area contributed by atoms with Crippen molar-refractivity contribution >= 4 is 11.6 Å². The summed E-state index contributed by atoms with van der Waals surface area (Å²) in [4.78, 5) is 12.0. The first kappa shape index (κ1) is 14.0. The highest BCUT2D eigenvalue weighted by Gasteiger charge is 2.23. The van der Waals surface area contributed by atoms with Crippen molar-refractivity contribution in [3.63, 3.8) is 0 Å². The molecule has 1 aromatic carbocycles. The summed E-state index contributed by atoms with van der Waals surface area (Å²) in [6.07, 6.45) is 2.70. The fraction of sp³-hybridized carbons (Fsp3) is 0.533. The molecule has 104 valence electrons. The molecule has 19 heavy (non-hydrogen) atoms. The molecule has 2 N–H and O–H groups in total. The number of aryl methyl sites for hydroxylation is 1. The summed E-state index contributed by atoms with van der Waals surface area (Å²) in [5, 5.41) is 6.02. The van der Waals surface area contributed by atoms with Gasteiger partial charge in [-0.05, 0) is 49.9 Å². The molecule has 3 nitrogen and oxygen atoms in total. The van der Waals surface area contributed by atoms with Crippen molar-refractivity contribution in [2.24, 2.45) is 5.92 Å². The van der Waals surface area contributed by atoms with Crippen LogP contribution < -0.4 is 10.6 Å². The predicted octanol–water partition coefficient (Wildman–Crippen LogP) is 2.85. The number of nitrogens with one attached hydrogen (secondary N) is 2. The molecule has 0 saturated carbocycles. The van der Waals surface area contributed by atoms with E-state index in [1.165, 1.54) is 6.07 Å². The van der Waals surface area contributed by atoms with E-state index in [0.717, 1.165) is 24.9 Å². The second-order valence-corrected chi connectivity index (χ2v) is 5.42. The summed E-state index contributed by atoms with van der Waals surface area (Å²) in [6.45, 7) is 4.98. The summed E-state index contributed by atoms with van der Waals surface area (Å²) in [6, 6.07) is 4.93. The van der Waals surface area contributed by atoms with Gasteiger partial charge in [-0.2, -0.15) is 0 Å². The van der Waals surface area contributed by atoms with Gasteiger partial charge in [0.2, 0.25) is 5.91 Å². The van der Waals surface area contributed by atoms with Crippen LogP contribution in [0, 0.1) is 18.7 Å². The molecule has 1 aromatic rings. The van der Waals surface area contributed by atoms with Crippen LogP contribution in [0.2, 0.25) is 0 Å². The summed E-state index contributed by atoms with van der Waals surface area (Å²) in [5.41, 5.74) is 1.20. The Kier molecular flexibility index (Phi) is 4.53. The molecule has 0 spiro atoms. The van der Waals surface area contributed by atoms with Crippen molar-refractivity contribution in [2.75, 3.05) is 11.9 Å². The average molecular weight is 264 g/mol. The molecule has 0 aromatic heterocycles. The maximum atomic E-state index is 13.6. The summed E-state index contributed by atoms with van der Waals surface area (Å²) >= 11 is 0. The minimum absolute atomic E-state index is 0.129. The van der Waals surface area contributed by atoms with Gasteiger partial charge in [0.05, 0.1) is 5.69 Å². The van der Waals surface area contributed by atoms with Gasteiger partial charge < -0.3 is 10.6 Å². The third kappa shape index (κ3) is 3.77. The Morgan fingerprint density at radius 1 is 1.53 bits per heavy atom. The number of benzene rings is 1. The number of halogens is 1. The molecule has 1 aliphatic rings. The predicted molar refractivity (Wildman–Crippen MR) is 74.6 cm³/mol. The summed E-state index contributed by atoms with van der Waals surface area (Å²) in [5.74, 6) is -0.0267. The van der Waals surface area contributed by atoms with E-state index in [9.17, 15) is 9.18 Å². The molecule has 4 heteroatoms. The van der Waals surface area contributed by atoms with Crippen molar-refractivity contribution in [1.29, 1.82) is 0 Å². The van der Waals surface area contributed by atoms with Crippen molar-refractivity contribution in [1.82, 2.24) is 5.32 Å². The number of hydrogen-bond donors (Lipinski definition) is 2. The highest BCUT2D eigenvalue weighted by Crippen LogP contribution is 2.20. The molecular weight excluding hydrogens is 243 g/mol. The Morgan fingerprint density at radius 3 is 3.05 bits per heavy atom. The van der Waals surface area contributed by atoms with Gasteiger partial charge in [0.25, 0.3) is 0 Å². The normalized spacial score (nSPS) is 23.1. The van der Waals surface area contributed by atoms with Crippen molar-refractivity contribution in [3.8, 4) is 0 Å². The second kappa shape index (κ2) is 6.15. The molecule has 0 aliphatic carbocycles. The summed E-state index contributed by atoms with van der Waals surface area (Å²) < 4.78 is 13.6. The van der Waals surface area contributed by atoms with Gasteiger partial charge in [0.15, 0.2) is 0 Å². The van der Waals surface area contributed by atoms with Crippen molar-refractivity contribution < 1.29 is 9.18 Å². The van der Waals surface area contributed by atoms with Crippen LogP contribution in [0.25, 0.3) is 0 Å². The van der Waals surface area contributed by atoms with E-state index in [1.54, 1.807) is 12.1 Å². The van der Waals surface area contributed by atoms with E-state index >= 15 is 0 Å². The molecule has 1 fully saturated rings. The quantitative estimate of drug-likeness (QED) is 0.881. The van der Waals surface area contributed by atoms with Crippen LogP contribution in [0.3, 0.4) is 0 Å². The Hall–Kier alpha value is -1.42. The summed E-state index contributed by atoms with van der Waals surface area (Å²) in [7, 11) is 0. The van der Waals surface area contributed by atoms with Crippen LogP contribution >= 0.6 is 0 Å². The zero-order valence-electron chi connectivity index (χ0n) is 11.5. The standard InChI is InChI=1S/C15H21FN2O/c1-10-5-6-12(16)14(8-10)18-15(19)9-13-11(2)4-3-7-17-13/h5-6,8,11,13,17H,3-4,7,9H2,1-2H3,(H,18,19). The largest absolute Gasteiger partial charge is 0.324 e. The maximum absolute atomic E-state index is 13.6.